The summed E-state index contributed by atoms with van der Waals surface area (Å²) < 4.78 is 37.1. The molecule has 1 heterocycles. The molecule has 17 heavy (non-hydrogen) atoms. The van der Waals surface area contributed by atoms with Gasteiger partial charge in [-0.15, -0.1) is 0 Å². The Morgan fingerprint density at radius 2 is 2.18 bits per heavy atom. The Labute approximate surface area is 94.6 Å². The Bertz CT molecular complexity index is 455. The summed E-state index contributed by atoms with van der Waals surface area (Å²) in [4.78, 5) is 13.6. The molecule has 7 heteroatoms. The molecule has 92 valence electrons. The summed E-state index contributed by atoms with van der Waals surface area (Å²) in [5.74, 6) is -1.17. The minimum absolute atomic E-state index is 0.0427. The number of nitrogens with zero attached hydrogens (tertiary/aromatic N) is 1. The lowest BCUT2D eigenvalue weighted by Crippen LogP contribution is -2.07. The fraction of sp³-hybridized carbons (Fsp3) is 0.200. The molecule has 0 saturated heterocycles. The van der Waals surface area contributed by atoms with Crippen molar-refractivity contribution in [3.8, 4) is 0 Å². The van der Waals surface area contributed by atoms with Crippen molar-refractivity contribution in [1.29, 1.82) is 0 Å². The number of anilines is 1. The highest BCUT2D eigenvalue weighted by molar-refractivity contribution is 5.71. The molecule has 0 aliphatic heterocycles. The van der Waals surface area contributed by atoms with Crippen LogP contribution in [0.5, 0.6) is 0 Å². The van der Waals surface area contributed by atoms with Crippen LogP contribution in [-0.4, -0.2) is 16.1 Å². The first-order valence-corrected chi connectivity index (χ1v) is 4.51. The summed E-state index contributed by atoms with van der Waals surface area (Å²) in [6, 6.07) is 0.820. The molecule has 0 radical (unpaired) electrons. The Morgan fingerprint density at radius 3 is 2.71 bits per heavy atom. The lowest BCUT2D eigenvalue weighted by atomic mass is 10.1. The number of hydrogen-bond donors (Lipinski definition) is 2. The third-order valence-corrected chi connectivity index (χ3v) is 1.87. The predicted octanol–water partition coefficient (Wildman–Crippen LogP) is 2.17. The van der Waals surface area contributed by atoms with Crippen LogP contribution >= 0.6 is 0 Å². The number of carbonyl (C=O) groups is 1. The van der Waals surface area contributed by atoms with Crippen LogP contribution in [-0.2, 0) is 11.0 Å². The number of carboxylic acids is 1. The monoisotopic (exact) mass is 246 g/mol. The summed E-state index contributed by atoms with van der Waals surface area (Å²) in [5, 5.41) is 8.37. The van der Waals surface area contributed by atoms with Crippen LogP contribution in [0.25, 0.3) is 6.08 Å². The van der Waals surface area contributed by atoms with Gasteiger partial charge >= 0.3 is 12.1 Å². The van der Waals surface area contributed by atoms with Gasteiger partial charge in [-0.2, -0.15) is 13.2 Å². The zero-order valence-corrected chi connectivity index (χ0v) is 8.53. The van der Waals surface area contributed by atoms with Crippen molar-refractivity contribution in [2.24, 2.45) is 0 Å². The van der Waals surface area contributed by atoms with Gasteiger partial charge in [0.1, 0.15) is 5.82 Å². The normalized spacial score (nSPS) is 11.9. The minimum atomic E-state index is -4.50. The van der Waals surface area contributed by atoms with Crippen LogP contribution in [0, 0.1) is 0 Å². The highest BCUT2D eigenvalue weighted by Gasteiger charge is 2.31. The molecule has 0 aliphatic rings. The molecule has 0 aromatic carbocycles. The van der Waals surface area contributed by atoms with E-state index in [1.54, 1.807) is 0 Å². The number of rotatable bonds is 3. The fourth-order valence-corrected chi connectivity index (χ4v) is 1.07. The second-order valence-corrected chi connectivity index (χ2v) is 3.20. The first-order valence-electron chi connectivity index (χ1n) is 4.51. The van der Waals surface area contributed by atoms with E-state index in [1.807, 2.05) is 0 Å². The topological polar surface area (TPSA) is 76.2 Å². The van der Waals surface area contributed by atoms with Crippen molar-refractivity contribution in [2.75, 3.05) is 5.73 Å². The van der Waals surface area contributed by atoms with Crippen LogP contribution in [0.2, 0.25) is 0 Å². The summed E-state index contributed by atoms with van der Waals surface area (Å²) in [5.41, 5.74) is 4.49. The molecule has 1 aromatic heterocycles. The second kappa shape index (κ2) is 4.86. The van der Waals surface area contributed by atoms with Crippen LogP contribution in [0.1, 0.15) is 17.5 Å². The van der Waals surface area contributed by atoms with Crippen LogP contribution in [0.3, 0.4) is 0 Å². The van der Waals surface area contributed by atoms with E-state index in [-0.39, 0.29) is 17.8 Å². The number of aromatic nitrogens is 1. The molecule has 0 amide bonds. The Kier molecular flexibility index (Phi) is 3.72. The molecule has 0 bridgehead atoms. The van der Waals surface area contributed by atoms with E-state index in [1.165, 1.54) is 12.2 Å². The average Bonchev–Trinajstić information content (AvgIpc) is 2.18. The van der Waals surface area contributed by atoms with E-state index in [2.05, 4.69) is 4.98 Å². The smallest absolute Gasteiger partial charge is 0.417 e. The van der Waals surface area contributed by atoms with Gasteiger partial charge in [0, 0.05) is 11.8 Å². The Hall–Kier alpha value is -2.05. The first-order chi connectivity index (χ1) is 7.80. The van der Waals surface area contributed by atoms with Gasteiger partial charge in [0.15, 0.2) is 0 Å². The third kappa shape index (κ3) is 3.78. The lowest BCUT2D eigenvalue weighted by Gasteiger charge is -2.07. The van der Waals surface area contributed by atoms with Gasteiger partial charge in [-0.25, -0.2) is 4.98 Å². The number of hydrogen-bond acceptors (Lipinski definition) is 3. The molecule has 0 unspecified atom stereocenters. The SMILES string of the molecule is Nc1ncc(C(F)(F)F)cc1C=CCC(=O)O. The molecule has 0 atom stereocenters. The third-order valence-electron chi connectivity index (χ3n) is 1.87. The number of nitrogens with two attached hydrogens (primary N) is 1. The molecule has 4 nitrogen and oxygen atoms in total. The molecule has 1 rings (SSSR count). The molecular formula is C10H9F3N2O2. The maximum absolute atomic E-state index is 12.4. The summed E-state index contributed by atoms with van der Waals surface area (Å²) in [6.07, 6.45) is -1.77. The van der Waals surface area contributed by atoms with Crippen molar-refractivity contribution < 1.29 is 23.1 Å². The van der Waals surface area contributed by atoms with E-state index >= 15 is 0 Å². The van der Waals surface area contributed by atoms with Crippen molar-refractivity contribution in [2.45, 2.75) is 12.6 Å². The second-order valence-electron chi connectivity index (χ2n) is 3.20. The van der Waals surface area contributed by atoms with Crippen LogP contribution in [0.15, 0.2) is 18.3 Å². The number of pyridine rings is 1. The maximum Gasteiger partial charge on any atom is 0.417 e. The number of aliphatic carboxylic acids is 1. The average molecular weight is 246 g/mol. The number of nitrogen functional groups attached to an aromatic ring is 1. The van der Waals surface area contributed by atoms with Crippen molar-refractivity contribution in [3.05, 3.63) is 29.5 Å². The van der Waals surface area contributed by atoms with Gasteiger partial charge < -0.3 is 10.8 Å². The molecule has 1 aromatic rings. The quantitative estimate of drug-likeness (QED) is 0.856. The van der Waals surface area contributed by atoms with Crippen molar-refractivity contribution in [3.63, 3.8) is 0 Å². The largest absolute Gasteiger partial charge is 0.481 e. The van der Waals surface area contributed by atoms with Crippen molar-refractivity contribution in [1.82, 2.24) is 4.98 Å². The summed E-state index contributed by atoms with van der Waals surface area (Å²) in [7, 11) is 0. The summed E-state index contributed by atoms with van der Waals surface area (Å²) in [6.45, 7) is 0. The summed E-state index contributed by atoms with van der Waals surface area (Å²) >= 11 is 0. The van der Waals surface area contributed by atoms with E-state index in [9.17, 15) is 18.0 Å². The Balaban J connectivity index is 2.99. The van der Waals surface area contributed by atoms with Gasteiger partial charge in [0.2, 0.25) is 0 Å². The molecule has 0 aliphatic carbocycles. The van der Waals surface area contributed by atoms with E-state index in [4.69, 9.17) is 10.8 Å². The first kappa shape index (κ1) is 13.0. The highest BCUT2D eigenvalue weighted by atomic mass is 19.4. The van der Waals surface area contributed by atoms with Gasteiger partial charge in [0.05, 0.1) is 12.0 Å². The predicted molar refractivity (Wildman–Crippen MR) is 54.9 cm³/mol. The lowest BCUT2D eigenvalue weighted by molar-refractivity contribution is -0.138. The minimum Gasteiger partial charge on any atom is -0.481 e. The number of alkyl halides is 3. The molecule has 3 N–H and O–H groups in total. The van der Waals surface area contributed by atoms with Crippen LogP contribution < -0.4 is 5.73 Å². The fourth-order valence-electron chi connectivity index (χ4n) is 1.07. The number of carboxylic acid groups (broad SMARTS) is 1. The zero-order valence-electron chi connectivity index (χ0n) is 8.53. The van der Waals surface area contributed by atoms with Gasteiger partial charge in [-0.3, -0.25) is 4.79 Å². The maximum atomic E-state index is 12.4. The zero-order chi connectivity index (χ0) is 13.1. The van der Waals surface area contributed by atoms with Gasteiger partial charge in [-0.1, -0.05) is 12.2 Å². The molecule has 0 spiro atoms. The highest BCUT2D eigenvalue weighted by Crippen LogP contribution is 2.30. The van der Waals surface area contributed by atoms with Crippen molar-refractivity contribution >= 4 is 17.9 Å². The Morgan fingerprint density at radius 1 is 1.53 bits per heavy atom. The molecular weight excluding hydrogens is 237 g/mol. The standard InChI is InChI=1S/C10H9F3N2O2/c11-10(12,13)7-4-6(9(14)15-5-7)2-1-3-8(16)17/h1-2,4-5H,3H2,(H2,14,15)(H,16,17). The molecule has 0 fully saturated rings. The van der Waals surface area contributed by atoms with Gasteiger partial charge in [0.25, 0.3) is 0 Å². The van der Waals surface area contributed by atoms with E-state index in [0.717, 1.165) is 6.07 Å². The van der Waals surface area contributed by atoms with Crippen LogP contribution in [0.4, 0.5) is 19.0 Å². The number of halogens is 3. The van der Waals surface area contributed by atoms with E-state index < -0.39 is 17.7 Å². The van der Waals surface area contributed by atoms with Gasteiger partial charge in [-0.05, 0) is 6.07 Å². The molecule has 0 saturated carbocycles. The van der Waals surface area contributed by atoms with E-state index in [0.29, 0.717) is 6.20 Å².